The molecule has 1 atom stereocenters. The Bertz CT molecular complexity index is 789. The number of fused-ring (bicyclic) bond motifs is 1. The van der Waals surface area contributed by atoms with Gasteiger partial charge in [0.1, 0.15) is 0 Å². The quantitative estimate of drug-likeness (QED) is 0.771. The Morgan fingerprint density at radius 3 is 2.46 bits per heavy atom. The maximum absolute atomic E-state index is 13.0. The van der Waals surface area contributed by atoms with E-state index in [2.05, 4.69) is 71.3 Å². The lowest BCUT2D eigenvalue weighted by atomic mass is 10.2. The van der Waals surface area contributed by atoms with Crippen molar-refractivity contribution in [1.29, 1.82) is 0 Å². The Hall–Kier alpha value is -1.98. The van der Waals surface area contributed by atoms with Crippen molar-refractivity contribution < 1.29 is 4.79 Å². The van der Waals surface area contributed by atoms with Gasteiger partial charge in [-0.15, -0.1) is 11.8 Å². The van der Waals surface area contributed by atoms with Crippen molar-refractivity contribution in [2.45, 2.75) is 30.0 Å². The zero-order valence-corrected chi connectivity index (χ0v) is 17.4. The molecule has 2 heterocycles. The molecule has 0 radical (unpaired) electrons. The summed E-state index contributed by atoms with van der Waals surface area (Å²) in [6.45, 7) is 8.20. The molecular weight excluding hydrogens is 366 g/mol. The van der Waals surface area contributed by atoms with Gasteiger partial charge in [0.25, 0.3) is 0 Å². The summed E-state index contributed by atoms with van der Waals surface area (Å²) < 4.78 is 0. The molecule has 2 aliphatic rings. The minimum Gasteiger partial charge on any atom is -0.360 e. The van der Waals surface area contributed by atoms with Gasteiger partial charge in [-0.05, 0) is 24.1 Å². The van der Waals surface area contributed by atoms with E-state index in [4.69, 9.17) is 0 Å². The fourth-order valence-corrected chi connectivity index (χ4v) is 5.26. The Morgan fingerprint density at radius 1 is 1.00 bits per heavy atom. The van der Waals surface area contributed by atoms with Crippen molar-refractivity contribution in [2.24, 2.45) is 0 Å². The van der Waals surface area contributed by atoms with Crippen LogP contribution in [-0.2, 0) is 11.3 Å². The number of thioether (sulfide) groups is 1. The van der Waals surface area contributed by atoms with Gasteiger partial charge in [0.05, 0.1) is 12.2 Å². The van der Waals surface area contributed by atoms with E-state index in [1.807, 2.05) is 16.7 Å². The molecule has 4 nitrogen and oxygen atoms in total. The maximum atomic E-state index is 13.0. The van der Waals surface area contributed by atoms with E-state index in [0.29, 0.717) is 11.8 Å². The van der Waals surface area contributed by atoms with Crippen molar-refractivity contribution in [2.75, 3.05) is 44.2 Å². The summed E-state index contributed by atoms with van der Waals surface area (Å²) in [5.41, 5.74) is 2.56. The summed E-state index contributed by atoms with van der Waals surface area (Å²) in [6.07, 6.45) is 1.13. The molecule has 5 heteroatoms. The second-order valence-corrected chi connectivity index (χ2v) is 8.98. The predicted octanol–water partition coefficient (Wildman–Crippen LogP) is 3.72. The van der Waals surface area contributed by atoms with Crippen LogP contribution in [0.1, 0.15) is 18.9 Å². The minimum absolute atomic E-state index is 0.260. The van der Waals surface area contributed by atoms with Crippen LogP contribution in [0, 0.1) is 0 Å². The first-order chi connectivity index (χ1) is 13.7. The topological polar surface area (TPSA) is 26.8 Å². The predicted molar refractivity (Wildman–Crippen MR) is 117 cm³/mol. The van der Waals surface area contributed by atoms with E-state index >= 15 is 0 Å². The van der Waals surface area contributed by atoms with Crippen LogP contribution in [0.4, 0.5) is 5.69 Å². The number of carbonyl (C=O) groups excluding carboxylic acids is 1. The highest BCUT2D eigenvalue weighted by Gasteiger charge is 2.28. The number of rotatable bonds is 5. The van der Waals surface area contributed by atoms with Gasteiger partial charge in [-0.25, -0.2) is 0 Å². The van der Waals surface area contributed by atoms with Crippen molar-refractivity contribution in [3.8, 4) is 0 Å². The molecule has 0 N–H and O–H groups in total. The van der Waals surface area contributed by atoms with Crippen molar-refractivity contribution in [3.63, 3.8) is 0 Å². The van der Waals surface area contributed by atoms with Crippen LogP contribution in [-0.4, -0.2) is 60.2 Å². The van der Waals surface area contributed by atoms with Crippen LogP contribution in [0.15, 0.2) is 59.5 Å². The summed E-state index contributed by atoms with van der Waals surface area (Å²) in [5.74, 6) is 0.260. The van der Waals surface area contributed by atoms with Gasteiger partial charge in [0.15, 0.2) is 0 Å². The molecule has 1 saturated heterocycles. The van der Waals surface area contributed by atoms with Gasteiger partial charge in [0.2, 0.25) is 5.91 Å². The van der Waals surface area contributed by atoms with E-state index in [9.17, 15) is 4.79 Å². The standard InChI is InChI=1S/C23H29N3OS/c1-2-20-17-26(21-10-6-7-11-22(21)28-20)18-23(27)25-14-12-24(13-15-25)16-19-8-4-3-5-9-19/h3-11,20H,2,12-18H2,1H3/t20-/m0/s1. The van der Waals surface area contributed by atoms with Crippen molar-refractivity contribution in [1.82, 2.24) is 9.80 Å². The van der Waals surface area contributed by atoms with E-state index in [1.165, 1.54) is 16.1 Å². The second-order valence-electron chi connectivity index (χ2n) is 7.64. The molecule has 2 aromatic rings. The highest BCUT2D eigenvalue weighted by atomic mass is 32.2. The van der Waals surface area contributed by atoms with Crippen LogP contribution in [0.5, 0.6) is 0 Å². The summed E-state index contributed by atoms with van der Waals surface area (Å²) in [6, 6.07) is 19.1. The molecule has 0 aliphatic carbocycles. The Labute approximate surface area is 172 Å². The fourth-order valence-electron chi connectivity index (χ4n) is 4.00. The number of amides is 1. The number of para-hydroxylation sites is 1. The third kappa shape index (κ3) is 4.53. The molecule has 148 valence electrons. The van der Waals surface area contributed by atoms with Gasteiger partial charge >= 0.3 is 0 Å². The number of hydrogen-bond donors (Lipinski definition) is 0. The van der Waals surface area contributed by atoms with Crippen LogP contribution < -0.4 is 4.90 Å². The SMILES string of the molecule is CC[C@H]1CN(CC(=O)N2CCN(Cc3ccccc3)CC2)c2ccccc2S1. The van der Waals surface area contributed by atoms with Gasteiger partial charge in [-0.3, -0.25) is 9.69 Å². The maximum Gasteiger partial charge on any atom is 0.242 e. The summed E-state index contributed by atoms with van der Waals surface area (Å²) in [7, 11) is 0. The average molecular weight is 396 g/mol. The lowest BCUT2D eigenvalue weighted by molar-refractivity contribution is -0.131. The van der Waals surface area contributed by atoms with E-state index in [1.54, 1.807) is 0 Å². The lowest BCUT2D eigenvalue weighted by Crippen LogP contribution is -2.51. The largest absolute Gasteiger partial charge is 0.360 e. The summed E-state index contributed by atoms with van der Waals surface area (Å²) >= 11 is 1.95. The number of hydrogen-bond acceptors (Lipinski definition) is 4. The number of piperazine rings is 1. The molecule has 0 aromatic heterocycles. The highest BCUT2D eigenvalue weighted by Crippen LogP contribution is 2.39. The van der Waals surface area contributed by atoms with Gasteiger partial charge in [-0.1, -0.05) is 49.4 Å². The molecule has 28 heavy (non-hydrogen) atoms. The zero-order chi connectivity index (χ0) is 19.3. The van der Waals surface area contributed by atoms with Crippen LogP contribution >= 0.6 is 11.8 Å². The fraction of sp³-hybridized carbons (Fsp3) is 0.435. The number of benzene rings is 2. The zero-order valence-electron chi connectivity index (χ0n) is 16.6. The molecule has 0 bridgehead atoms. The van der Waals surface area contributed by atoms with Gasteiger partial charge in [-0.2, -0.15) is 0 Å². The molecular formula is C23H29N3OS. The molecule has 2 aliphatic heterocycles. The second kappa shape index (κ2) is 9.01. The lowest BCUT2D eigenvalue weighted by Gasteiger charge is -2.38. The molecule has 1 fully saturated rings. The van der Waals surface area contributed by atoms with E-state index in [-0.39, 0.29) is 5.91 Å². The number of anilines is 1. The number of nitrogens with zero attached hydrogens (tertiary/aromatic N) is 3. The third-order valence-electron chi connectivity index (χ3n) is 5.68. The number of carbonyl (C=O) groups is 1. The average Bonchev–Trinajstić information content (AvgIpc) is 2.75. The normalized spacial score (nSPS) is 20.1. The first-order valence-corrected chi connectivity index (χ1v) is 11.2. The van der Waals surface area contributed by atoms with Crippen LogP contribution in [0.3, 0.4) is 0 Å². The van der Waals surface area contributed by atoms with E-state index in [0.717, 1.165) is 45.7 Å². The van der Waals surface area contributed by atoms with Gasteiger partial charge in [0, 0.05) is 49.4 Å². The smallest absolute Gasteiger partial charge is 0.242 e. The Morgan fingerprint density at radius 2 is 1.71 bits per heavy atom. The Kier molecular flexibility index (Phi) is 6.23. The first kappa shape index (κ1) is 19.3. The molecule has 1 amide bonds. The highest BCUT2D eigenvalue weighted by molar-refractivity contribution is 8.00. The minimum atomic E-state index is 0.260. The Balaban J connectivity index is 1.33. The first-order valence-electron chi connectivity index (χ1n) is 10.3. The van der Waals surface area contributed by atoms with Crippen molar-refractivity contribution in [3.05, 3.63) is 60.2 Å². The summed E-state index contributed by atoms with van der Waals surface area (Å²) in [4.78, 5) is 21.1. The van der Waals surface area contributed by atoms with Crippen LogP contribution in [0.2, 0.25) is 0 Å². The monoisotopic (exact) mass is 395 g/mol. The van der Waals surface area contributed by atoms with Gasteiger partial charge < -0.3 is 9.80 Å². The van der Waals surface area contributed by atoms with Crippen LogP contribution in [0.25, 0.3) is 0 Å². The summed E-state index contributed by atoms with van der Waals surface area (Å²) in [5, 5.41) is 0.561. The molecule has 0 unspecified atom stereocenters. The third-order valence-corrected chi connectivity index (χ3v) is 7.09. The molecule has 0 saturated carbocycles. The van der Waals surface area contributed by atoms with E-state index < -0.39 is 0 Å². The molecule has 4 rings (SSSR count). The molecule has 0 spiro atoms. The molecule has 2 aromatic carbocycles. The van der Waals surface area contributed by atoms with Crippen molar-refractivity contribution >= 4 is 23.4 Å².